The highest BCUT2D eigenvalue weighted by molar-refractivity contribution is 5.88. The van der Waals surface area contributed by atoms with Gasteiger partial charge in [-0.05, 0) is 48.9 Å². The molecule has 2 aromatic rings. The van der Waals surface area contributed by atoms with Crippen LogP contribution in [0.4, 0.5) is 0 Å². The molecule has 0 radical (unpaired) electrons. The van der Waals surface area contributed by atoms with Crippen LogP contribution >= 0.6 is 0 Å². The van der Waals surface area contributed by atoms with E-state index in [2.05, 4.69) is 53.9 Å². The van der Waals surface area contributed by atoms with E-state index in [1.54, 1.807) is 12.4 Å². The lowest BCUT2D eigenvalue weighted by molar-refractivity contribution is -0.671. The third-order valence-electron chi connectivity index (χ3n) is 16.7. The molecule has 2 rings (SSSR count). The molecule has 11 heteroatoms. The lowest BCUT2D eigenvalue weighted by Crippen LogP contribution is -3.00. The van der Waals surface area contributed by atoms with Crippen molar-refractivity contribution in [2.75, 3.05) is 13.1 Å². The van der Waals surface area contributed by atoms with E-state index < -0.39 is 12.1 Å². The van der Waals surface area contributed by atoms with Gasteiger partial charge in [0.25, 0.3) is 0 Å². The van der Waals surface area contributed by atoms with Crippen LogP contribution in [-0.2, 0) is 39.1 Å². The number of nitrogens with one attached hydrogen (secondary N) is 4. The van der Waals surface area contributed by atoms with Crippen molar-refractivity contribution >= 4 is 23.6 Å². The Morgan fingerprint density at radius 3 is 0.869 bits per heavy atom. The second-order valence-electron chi connectivity index (χ2n) is 24.8. The molecule has 0 aliphatic rings. The van der Waals surface area contributed by atoms with Gasteiger partial charge in [0.15, 0.2) is 12.4 Å². The number of hydrogen-bond donors (Lipinski definition) is 4. The molecule has 2 heterocycles. The van der Waals surface area contributed by atoms with Crippen molar-refractivity contribution in [3.05, 3.63) is 60.2 Å². The summed E-state index contributed by atoms with van der Waals surface area (Å²) in [5.41, 5.74) is 2.08. The van der Waals surface area contributed by atoms with Gasteiger partial charge in [-0.1, -0.05) is 297 Å². The van der Waals surface area contributed by atoms with Crippen molar-refractivity contribution < 1.29 is 36.2 Å². The van der Waals surface area contributed by atoms with Crippen LogP contribution in [0.1, 0.15) is 347 Å². The number of unbranched alkanes of at least 4 members (excludes halogenated alkanes) is 42. The lowest BCUT2D eigenvalue weighted by Gasteiger charge is -2.19. The normalized spacial score (nSPS) is 11.7. The molecule has 0 aromatic carbocycles. The molecule has 4 N–H and O–H groups in total. The van der Waals surface area contributed by atoms with E-state index in [4.69, 9.17) is 0 Å². The molecule has 0 saturated heterocycles. The standard InChI is InChI=1S/C37H67N3O2.C36H65N3O2.ClH/c1-4-6-8-10-12-14-16-18-20-22-24-26-30-38-37(42)35(33-34-28-31-40(3)32-29-34)39-36(41)27-25-23-21-19-17-15-13-11-9-7-5-2;1-3-5-7-9-11-13-15-17-19-21-23-25-29-38-36(41)34(32-33-27-30-37-31-28-33)39-35(40)26-24-22-20-18-16-14-12-10-8-6-4-2;/h28-29,31-32,35H,4-27,30,33H2,1-3H3,(H-,38,39,41,42);27-28,30-31,34H,3-26,29,32H2,1-2H3,(H,38,41)(H,39,40);1H. The summed E-state index contributed by atoms with van der Waals surface area (Å²) in [5.74, 6) is -0.144. The molecule has 0 aliphatic heterocycles. The zero-order valence-electron chi connectivity index (χ0n) is 55.4. The molecule has 2 unspecified atom stereocenters. The topological polar surface area (TPSA) is 133 Å². The third kappa shape index (κ3) is 52.8. The number of carbonyl (C=O) groups is 4. The Bertz CT molecular complexity index is 1750. The third-order valence-corrected chi connectivity index (χ3v) is 16.7. The molecule has 4 amide bonds. The summed E-state index contributed by atoms with van der Waals surface area (Å²) in [6.45, 7) is 10.4. The van der Waals surface area contributed by atoms with E-state index in [-0.39, 0.29) is 36.0 Å². The number of aryl methyl sites for hydroxylation is 1. The van der Waals surface area contributed by atoms with Gasteiger partial charge in [-0.25, -0.2) is 4.57 Å². The van der Waals surface area contributed by atoms with E-state index >= 15 is 0 Å². The van der Waals surface area contributed by atoms with Gasteiger partial charge < -0.3 is 33.7 Å². The van der Waals surface area contributed by atoms with E-state index in [9.17, 15) is 19.2 Å². The highest BCUT2D eigenvalue weighted by Gasteiger charge is 2.22. The molecular weight excluding hydrogens is 1060 g/mol. The first-order valence-electron chi connectivity index (χ1n) is 35.7. The number of rotatable bonds is 58. The largest absolute Gasteiger partial charge is 1.00 e. The van der Waals surface area contributed by atoms with Crippen LogP contribution in [0.25, 0.3) is 0 Å². The minimum atomic E-state index is -0.532. The van der Waals surface area contributed by atoms with Gasteiger partial charge in [0.05, 0.1) is 0 Å². The van der Waals surface area contributed by atoms with Gasteiger partial charge >= 0.3 is 0 Å². The van der Waals surface area contributed by atoms with Crippen LogP contribution in [0, 0.1) is 0 Å². The fraction of sp³-hybridized carbons (Fsp3) is 0.808. The van der Waals surface area contributed by atoms with Crippen molar-refractivity contribution in [2.45, 2.75) is 361 Å². The molecule has 2 aromatic heterocycles. The van der Waals surface area contributed by atoms with E-state index in [1.807, 2.05) is 48.3 Å². The van der Waals surface area contributed by atoms with Crippen molar-refractivity contribution in [2.24, 2.45) is 7.05 Å². The molecule has 0 fully saturated rings. The predicted octanol–water partition coefficient (Wildman–Crippen LogP) is 15.7. The highest BCUT2D eigenvalue weighted by atomic mass is 35.5. The molecular formula is C73H133ClN6O4. The van der Waals surface area contributed by atoms with Crippen molar-refractivity contribution in [1.82, 2.24) is 26.3 Å². The minimum absolute atomic E-state index is 0. The zero-order chi connectivity index (χ0) is 60.2. The Morgan fingerprint density at radius 2 is 0.595 bits per heavy atom. The van der Waals surface area contributed by atoms with Crippen LogP contribution in [0.3, 0.4) is 0 Å². The fourth-order valence-corrected chi connectivity index (χ4v) is 11.1. The van der Waals surface area contributed by atoms with Crippen LogP contribution in [0.5, 0.6) is 0 Å². The first-order valence-corrected chi connectivity index (χ1v) is 35.7. The maximum absolute atomic E-state index is 13.1. The summed E-state index contributed by atoms with van der Waals surface area (Å²) in [7, 11) is 1.98. The molecule has 2 atom stereocenters. The van der Waals surface area contributed by atoms with Gasteiger partial charge in [-0.3, -0.25) is 24.2 Å². The molecule has 486 valence electrons. The van der Waals surface area contributed by atoms with Crippen LogP contribution in [0.15, 0.2) is 49.1 Å². The van der Waals surface area contributed by atoms with Crippen molar-refractivity contribution in [3.63, 3.8) is 0 Å². The Kier molecular flexibility index (Phi) is 59.9. The Hall–Kier alpha value is -3.53. The number of hydrogen-bond acceptors (Lipinski definition) is 5. The van der Waals surface area contributed by atoms with Crippen LogP contribution < -0.4 is 38.2 Å². The van der Waals surface area contributed by atoms with E-state index in [0.29, 0.717) is 38.8 Å². The Labute approximate surface area is 524 Å². The first-order chi connectivity index (χ1) is 40.7. The predicted molar refractivity (Wildman–Crippen MR) is 353 cm³/mol. The number of aromatic nitrogens is 2. The zero-order valence-corrected chi connectivity index (χ0v) is 56.2. The molecule has 0 aliphatic carbocycles. The number of pyridine rings is 2. The fourth-order valence-electron chi connectivity index (χ4n) is 11.1. The highest BCUT2D eigenvalue weighted by Crippen LogP contribution is 2.17. The second-order valence-corrected chi connectivity index (χ2v) is 24.8. The van der Waals surface area contributed by atoms with Gasteiger partial charge in [0.2, 0.25) is 23.6 Å². The summed E-state index contributed by atoms with van der Waals surface area (Å²) in [4.78, 5) is 55.6. The number of carbonyl (C=O) groups excluding carboxylic acids is 4. The van der Waals surface area contributed by atoms with Gasteiger partial charge in [-0.15, -0.1) is 0 Å². The number of nitrogens with zero attached hydrogens (tertiary/aromatic N) is 2. The minimum Gasteiger partial charge on any atom is -1.00 e. The molecule has 0 bridgehead atoms. The number of amides is 4. The van der Waals surface area contributed by atoms with Crippen molar-refractivity contribution in [1.29, 1.82) is 0 Å². The molecule has 84 heavy (non-hydrogen) atoms. The maximum Gasteiger partial charge on any atom is 0.242 e. The quantitative estimate of drug-likeness (QED) is 0.0387. The summed E-state index contributed by atoms with van der Waals surface area (Å²) >= 11 is 0. The van der Waals surface area contributed by atoms with Crippen LogP contribution in [-0.4, -0.2) is 53.8 Å². The van der Waals surface area contributed by atoms with Crippen molar-refractivity contribution in [3.8, 4) is 0 Å². The summed E-state index contributed by atoms with van der Waals surface area (Å²) in [5, 5.41) is 12.3. The molecule has 10 nitrogen and oxygen atoms in total. The van der Waals surface area contributed by atoms with Gasteiger partial charge in [-0.2, -0.15) is 0 Å². The van der Waals surface area contributed by atoms with Crippen LogP contribution in [0.2, 0.25) is 0 Å². The molecule has 0 saturated carbocycles. The smallest absolute Gasteiger partial charge is 0.242 e. The summed E-state index contributed by atoms with van der Waals surface area (Å²) in [6.07, 6.45) is 68.6. The maximum atomic E-state index is 13.1. The molecule has 0 spiro atoms. The lowest BCUT2D eigenvalue weighted by atomic mass is 10.0. The summed E-state index contributed by atoms with van der Waals surface area (Å²) < 4.78 is 1.98. The van der Waals surface area contributed by atoms with Gasteiger partial charge in [0.1, 0.15) is 19.1 Å². The Morgan fingerprint density at radius 1 is 0.357 bits per heavy atom. The first kappa shape index (κ1) is 80.5. The Balaban J connectivity index is 0.00000162. The second kappa shape index (κ2) is 62.5. The van der Waals surface area contributed by atoms with E-state index in [0.717, 1.165) is 62.5 Å². The van der Waals surface area contributed by atoms with Gasteiger partial charge in [0, 0.05) is 63.3 Å². The van der Waals surface area contributed by atoms with E-state index in [1.165, 1.54) is 244 Å². The monoisotopic (exact) mass is 1190 g/mol. The SMILES string of the molecule is CCCCCCCCCCCCCCNC(=O)C(Cc1cc[n+](C)cc1)NC(=O)CCCCCCCCCCCCC.CCCCCCCCCCCCCCNC(=O)C(Cc1ccncc1)NC(=O)CCCCCCCCCCCCC.[Cl-]. The average molecular weight is 1190 g/mol. The summed E-state index contributed by atoms with van der Waals surface area (Å²) in [6, 6.07) is 6.84. The number of halogens is 1. The average Bonchev–Trinajstić information content (AvgIpc) is 3.68.